The Hall–Kier alpha value is -3.38. The summed E-state index contributed by atoms with van der Waals surface area (Å²) in [5.74, 6) is -3.25. The molecule has 0 unspecified atom stereocenters. The van der Waals surface area contributed by atoms with Crippen molar-refractivity contribution in [3.05, 3.63) is 41.2 Å². The highest BCUT2D eigenvalue weighted by Crippen LogP contribution is 2.46. The summed E-state index contributed by atoms with van der Waals surface area (Å²) >= 11 is 0. The number of rotatable bonds is 5. The molecule has 4 rings (SSSR count). The fraction of sp³-hybridized carbons (Fsp3) is 0.417. The first-order valence-electron chi connectivity index (χ1n) is 10.9. The molecule has 0 aliphatic carbocycles. The van der Waals surface area contributed by atoms with E-state index in [4.69, 9.17) is 14.2 Å². The summed E-state index contributed by atoms with van der Waals surface area (Å²) in [7, 11) is 0. The summed E-state index contributed by atoms with van der Waals surface area (Å²) in [4.78, 5) is 23.9. The third kappa shape index (κ3) is 3.86. The smallest absolute Gasteiger partial charge is 0.335 e. The molecular formula is C24H26O11. The van der Waals surface area contributed by atoms with Gasteiger partial charge in [-0.05, 0) is 44.9 Å². The molecule has 0 saturated carbocycles. The molecule has 2 aliphatic rings. The van der Waals surface area contributed by atoms with Gasteiger partial charge in [0.05, 0.1) is 29.4 Å². The summed E-state index contributed by atoms with van der Waals surface area (Å²) < 4.78 is 17.1. The Labute approximate surface area is 199 Å². The van der Waals surface area contributed by atoms with Crippen molar-refractivity contribution in [2.45, 2.75) is 56.9 Å². The van der Waals surface area contributed by atoms with E-state index < -0.39 is 60.1 Å². The molecule has 1 spiro atoms. The highest BCUT2D eigenvalue weighted by Gasteiger charge is 2.58. The number of aliphatic hydroxyl groups is 3. The van der Waals surface area contributed by atoms with Crippen LogP contribution in [0.1, 0.15) is 46.0 Å². The molecule has 2 heterocycles. The van der Waals surface area contributed by atoms with E-state index in [1.807, 2.05) is 0 Å². The summed E-state index contributed by atoms with van der Waals surface area (Å²) in [5, 5.41) is 62.5. The van der Waals surface area contributed by atoms with Crippen molar-refractivity contribution in [1.29, 1.82) is 0 Å². The van der Waals surface area contributed by atoms with Gasteiger partial charge < -0.3 is 44.8 Å². The molecule has 35 heavy (non-hydrogen) atoms. The number of benzene rings is 2. The predicted octanol–water partition coefficient (Wildman–Crippen LogP) is 1.34. The largest absolute Gasteiger partial charge is 0.507 e. The Bertz CT molecular complexity index is 1220. The molecule has 1 saturated heterocycles. The van der Waals surface area contributed by atoms with Crippen LogP contribution in [0.5, 0.6) is 17.2 Å². The van der Waals surface area contributed by atoms with E-state index in [2.05, 4.69) is 0 Å². The van der Waals surface area contributed by atoms with Gasteiger partial charge >= 0.3 is 5.97 Å². The Kier molecular flexibility index (Phi) is 6.36. The van der Waals surface area contributed by atoms with E-state index in [0.717, 1.165) is 12.1 Å². The molecule has 188 valence electrons. The molecular weight excluding hydrogens is 464 g/mol. The lowest BCUT2D eigenvalue weighted by Crippen LogP contribution is -2.68. The number of aromatic hydroxyl groups is 2. The molecule has 5 atom stereocenters. The second-order valence-corrected chi connectivity index (χ2v) is 8.67. The predicted molar refractivity (Wildman–Crippen MR) is 120 cm³/mol. The summed E-state index contributed by atoms with van der Waals surface area (Å²) in [6.45, 7) is 1.99. The average Bonchev–Trinajstić information content (AvgIpc) is 2.83. The van der Waals surface area contributed by atoms with Gasteiger partial charge in [0.25, 0.3) is 0 Å². The summed E-state index contributed by atoms with van der Waals surface area (Å²) in [5.41, 5.74) is -1.90. The number of carboxylic acids is 1. The Balaban J connectivity index is 1.84. The van der Waals surface area contributed by atoms with Crippen LogP contribution in [0.2, 0.25) is 0 Å². The second kappa shape index (κ2) is 9.00. The van der Waals surface area contributed by atoms with Gasteiger partial charge in [0.15, 0.2) is 11.4 Å². The van der Waals surface area contributed by atoms with Crippen LogP contribution in [0.25, 0.3) is 10.8 Å². The Morgan fingerprint density at radius 2 is 1.91 bits per heavy atom. The molecule has 2 aliphatic heterocycles. The van der Waals surface area contributed by atoms with E-state index in [-0.39, 0.29) is 39.6 Å². The number of ether oxygens (including phenoxy) is 3. The maximum absolute atomic E-state index is 12.2. The number of carbonyl (C=O) groups excluding carboxylic acids is 1. The van der Waals surface area contributed by atoms with Crippen molar-refractivity contribution >= 4 is 22.5 Å². The van der Waals surface area contributed by atoms with Crippen molar-refractivity contribution in [2.75, 3.05) is 6.61 Å². The van der Waals surface area contributed by atoms with E-state index in [9.17, 15) is 40.2 Å². The standard InChI is InChI=1S/C24H26O11/c1-10-16(11(2)26)19(28)17-13(18(10)27)7-12(22(31)32)8-14(17)34-23-20(29)21(30)24(15(9-25)35-23)5-3-4-6-33-24/h4,6-8,15,20-21,23,25,27-30H,3,5,9H2,1-2H3,(H,31,32)/t15-,20-,21-,23+,24+/m1/s1. The maximum atomic E-state index is 12.2. The van der Waals surface area contributed by atoms with Gasteiger partial charge in [-0.2, -0.15) is 0 Å². The highest BCUT2D eigenvalue weighted by atomic mass is 16.7. The third-order valence-corrected chi connectivity index (χ3v) is 6.60. The first-order chi connectivity index (χ1) is 16.5. The molecule has 0 amide bonds. The third-order valence-electron chi connectivity index (χ3n) is 6.60. The van der Waals surface area contributed by atoms with E-state index in [1.54, 1.807) is 6.08 Å². The van der Waals surface area contributed by atoms with Crippen LogP contribution in [0.15, 0.2) is 24.5 Å². The monoisotopic (exact) mass is 490 g/mol. The van der Waals surface area contributed by atoms with E-state index in [1.165, 1.54) is 20.1 Å². The minimum absolute atomic E-state index is 0.0464. The molecule has 0 radical (unpaired) electrons. The first kappa shape index (κ1) is 24.7. The van der Waals surface area contributed by atoms with E-state index in [0.29, 0.717) is 6.42 Å². The number of allylic oxidation sites excluding steroid dienone is 1. The average molecular weight is 490 g/mol. The number of phenols is 2. The van der Waals surface area contributed by atoms with Gasteiger partial charge in [-0.3, -0.25) is 4.79 Å². The summed E-state index contributed by atoms with van der Waals surface area (Å²) in [6, 6.07) is 2.14. The van der Waals surface area contributed by atoms with Gasteiger partial charge in [0.2, 0.25) is 6.29 Å². The van der Waals surface area contributed by atoms with Gasteiger partial charge in [-0.25, -0.2) is 4.79 Å². The fourth-order valence-corrected chi connectivity index (χ4v) is 4.79. The van der Waals surface area contributed by atoms with E-state index >= 15 is 0 Å². The second-order valence-electron chi connectivity index (χ2n) is 8.67. The lowest BCUT2D eigenvalue weighted by Gasteiger charge is -2.50. The zero-order valence-electron chi connectivity index (χ0n) is 19.0. The number of ketones is 1. The quantitative estimate of drug-likeness (QED) is 0.263. The van der Waals surface area contributed by atoms with Gasteiger partial charge in [0, 0.05) is 10.9 Å². The normalized spacial score (nSPS) is 28.1. The number of fused-ring (bicyclic) bond motifs is 1. The Morgan fingerprint density at radius 1 is 1.20 bits per heavy atom. The minimum atomic E-state index is -1.71. The number of phenolic OH excluding ortho intramolecular Hbond substituents is 2. The van der Waals surface area contributed by atoms with Crippen molar-refractivity contribution in [1.82, 2.24) is 0 Å². The number of Topliss-reactive ketones (excluding diaryl/α,β-unsaturated/α-hetero) is 1. The number of hydrogen-bond donors (Lipinski definition) is 6. The molecule has 1 fully saturated rings. The fourth-order valence-electron chi connectivity index (χ4n) is 4.79. The maximum Gasteiger partial charge on any atom is 0.335 e. The number of carboxylic acid groups (broad SMARTS) is 1. The lowest BCUT2D eigenvalue weighted by atomic mass is 9.79. The van der Waals surface area contributed by atoms with Crippen LogP contribution in [0, 0.1) is 6.92 Å². The highest BCUT2D eigenvalue weighted by molar-refractivity contribution is 6.11. The topological polar surface area (TPSA) is 183 Å². The SMILES string of the molecule is CC(=O)c1c(C)c(O)c2cc(C(=O)O)cc(O[C@H]3O[C@H](CO)[C@@]4(CCC=CO4)[C@H](O)[C@H]3O)c2c1O. The van der Waals surface area contributed by atoms with Crippen LogP contribution < -0.4 is 4.74 Å². The molecule has 2 aromatic rings. The van der Waals surface area contributed by atoms with Crippen molar-refractivity contribution in [3.8, 4) is 17.2 Å². The minimum Gasteiger partial charge on any atom is -0.507 e. The van der Waals surface area contributed by atoms with Crippen molar-refractivity contribution < 1.29 is 54.4 Å². The molecule has 0 aromatic heterocycles. The molecule has 2 aromatic carbocycles. The van der Waals surface area contributed by atoms with Crippen molar-refractivity contribution in [3.63, 3.8) is 0 Å². The number of carbonyl (C=O) groups is 2. The first-order valence-corrected chi connectivity index (χ1v) is 10.9. The van der Waals surface area contributed by atoms with Crippen LogP contribution >= 0.6 is 0 Å². The Morgan fingerprint density at radius 3 is 2.49 bits per heavy atom. The summed E-state index contributed by atoms with van der Waals surface area (Å²) in [6.07, 6.45) is -2.21. The van der Waals surface area contributed by atoms with Gasteiger partial charge in [-0.15, -0.1) is 0 Å². The number of aromatic carboxylic acids is 1. The molecule has 11 heteroatoms. The molecule has 6 N–H and O–H groups in total. The van der Waals surface area contributed by atoms with Crippen molar-refractivity contribution in [2.24, 2.45) is 0 Å². The van der Waals surface area contributed by atoms with Crippen LogP contribution in [-0.2, 0) is 9.47 Å². The number of aliphatic hydroxyl groups excluding tert-OH is 3. The molecule has 11 nitrogen and oxygen atoms in total. The van der Waals surface area contributed by atoms with Crippen LogP contribution in [-0.4, -0.2) is 79.2 Å². The lowest BCUT2D eigenvalue weighted by molar-refractivity contribution is -0.316. The van der Waals surface area contributed by atoms with Crippen LogP contribution in [0.3, 0.4) is 0 Å². The zero-order chi connectivity index (χ0) is 25.7. The molecule has 0 bridgehead atoms. The van der Waals surface area contributed by atoms with Crippen LogP contribution in [0.4, 0.5) is 0 Å². The van der Waals surface area contributed by atoms with Gasteiger partial charge in [-0.1, -0.05) is 0 Å². The number of hydrogen-bond acceptors (Lipinski definition) is 10. The zero-order valence-corrected chi connectivity index (χ0v) is 19.0. The van der Waals surface area contributed by atoms with Gasteiger partial charge in [0.1, 0.15) is 35.6 Å².